The van der Waals surface area contributed by atoms with Crippen LogP contribution in [0, 0.1) is 0 Å². The van der Waals surface area contributed by atoms with Crippen LogP contribution in [0.15, 0.2) is 0 Å². The second kappa shape index (κ2) is 20.0. The summed E-state index contributed by atoms with van der Waals surface area (Å²) in [7, 11) is 0. The van der Waals surface area contributed by atoms with E-state index < -0.39 is 17.3 Å². The van der Waals surface area contributed by atoms with Gasteiger partial charge in [0.2, 0.25) is 0 Å². The zero-order valence-corrected chi connectivity index (χ0v) is 20.2. The second-order valence-electron chi connectivity index (χ2n) is 7.47. The molecular formula is C21H46N2O5. The summed E-state index contributed by atoms with van der Waals surface area (Å²) >= 11 is 0. The van der Waals surface area contributed by atoms with Crippen molar-refractivity contribution in [1.82, 2.24) is 5.32 Å². The van der Waals surface area contributed by atoms with Crippen LogP contribution in [-0.2, 0) is 14.3 Å². The first-order chi connectivity index (χ1) is 12.7. The molecule has 0 radical (unpaired) electrons. The lowest BCUT2D eigenvalue weighted by atomic mass is 10.1. The van der Waals surface area contributed by atoms with Crippen LogP contribution in [0.1, 0.15) is 102 Å². The van der Waals surface area contributed by atoms with Crippen molar-refractivity contribution in [3.8, 4) is 0 Å². The minimum Gasteiger partial charge on any atom is -0.444 e. The summed E-state index contributed by atoms with van der Waals surface area (Å²) in [5.41, 5.74) is 3.82. The first-order valence-electron chi connectivity index (χ1n) is 10.2. The number of rotatable bonds is 6. The maximum atomic E-state index is 11.2. The largest absolute Gasteiger partial charge is 0.444 e. The van der Waals surface area contributed by atoms with E-state index in [4.69, 9.17) is 10.5 Å². The Balaban J connectivity index is -0.000000201. The molecule has 0 rings (SSSR count). The highest BCUT2D eigenvalue weighted by Crippen LogP contribution is 2.06. The van der Waals surface area contributed by atoms with Gasteiger partial charge >= 0.3 is 12.2 Å². The van der Waals surface area contributed by atoms with Crippen LogP contribution >= 0.6 is 0 Å². The van der Waals surface area contributed by atoms with Gasteiger partial charge < -0.3 is 25.3 Å². The zero-order valence-electron chi connectivity index (χ0n) is 20.2. The molecule has 0 aliphatic carbocycles. The molecule has 170 valence electrons. The fourth-order valence-corrected chi connectivity index (χ4v) is 1.48. The van der Waals surface area contributed by atoms with Crippen molar-refractivity contribution < 1.29 is 23.9 Å². The maximum absolute atomic E-state index is 11.2. The van der Waals surface area contributed by atoms with Gasteiger partial charge in [-0.25, -0.2) is 9.59 Å². The Morgan fingerprint density at radius 1 is 0.786 bits per heavy atom. The predicted octanol–water partition coefficient (Wildman–Crippen LogP) is 5.59. The summed E-state index contributed by atoms with van der Waals surface area (Å²) < 4.78 is 9.65. The van der Waals surface area contributed by atoms with Gasteiger partial charge in [-0.2, -0.15) is 0 Å². The van der Waals surface area contributed by atoms with Gasteiger partial charge in [0, 0.05) is 13.0 Å². The van der Waals surface area contributed by atoms with Crippen LogP contribution in [0.5, 0.6) is 0 Å². The number of Topliss-reactive ketones (excluding diaryl/α,β-unsaturated/α-hetero) is 1. The standard InChI is InChI=1S/C12H23NO3.C5H11NO2.2C2H6/c1-10(14)8-6-5-7-9-13-11(15)16-12(2,3)4;1-5(2,3)8-4(6)7;2*1-2/h5-9H2,1-4H3,(H,13,15);1-3H3,(H2,6,7);2*1-2H3. The molecule has 0 bridgehead atoms. The Morgan fingerprint density at radius 3 is 1.50 bits per heavy atom. The number of hydrogen-bond acceptors (Lipinski definition) is 5. The molecule has 0 fully saturated rings. The summed E-state index contributed by atoms with van der Waals surface area (Å²) in [6, 6.07) is 0. The van der Waals surface area contributed by atoms with E-state index in [2.05, 4.69) is 10.1 Å². The van der Waals surface area contributed by atoms with Crippen molar-refractivity contribution in [2.75, 3.05) is 6.54 Å². The quantitative estimate of drug-likeness (QED) is 0.559. The summed E-state index contributed by atoms with van der Waals surface area (Å²) in [5.74, 6) is 0.222. The third kappa shape index (κ3) is 44.0. The van der Waals surface area contributed by atoms with Crippen molar-refractivity contribution in [1.29, 1.82) is 0 Å². The topological polar surface area (TPSA) is 108 Å². The highest BCUT2D eigenvalue weighted by molar-refractivity contribution is 5.75. The average molecular weight is 407 g/mol. The number of ketones is 1. The Morgan fingerprint density at radius 2 is 1.21 bits per heavy atom. The van der Waals surface area contributed by atoms with E-state index in [1.165, 1.54) is 0 Å². The van der Waals surface area contributed by atoms with Crippen LogP contribution in [-0.4, -0.2) is 35.7 Å². The summed E-state index contributed by atoms with van der Waals surface area (Å²) in [6.45, 7) is 21.0. The molecule has 2 amide bonds. The molecule has 0 saturated heterocycles. The molecule has 0 aromatic rings. The molecule has 0 aliphatic rings. The number of carbonyl (C=O) groups is 3. The third-order valence-electron chi connectivity index (χ3n) is 2.28. The molecular weight excluding hydrogens is 360 g/mol. The SMILES string of the molecule is CC.CC.CC(=O)CCCCCNC(=O)OC(C)(C)C.CC(C)(C)OC(N)=O. The van der Waals surface area contributed by atoms with E-state index in [1.807, 2.05) is 48.5 Å². The van der Waals surface area contributed by atoms with E-state index in [1.54, 1.807) is 27.7 Å². The molecule has 0 atom stereocenters. The molecule has 3 N–H and O–H groups in total. The Labute approximate surface area is 173 Å². The normalized spacial score (nSPS) is 9.82. The van der Waals surface area contributed by atoms with Crippen molar-refractivity contribution in [3.05, 3.63) is 0 Å². The van der Waals surface area contributed by atoms with Gasteiger partial charge in [-0.1, -0.05) is 34.1 Å². The molecule has 0 aliphatic heterocycles. The van der Waals surface area contributed by atoms with Gasteiger partial charge in [-0.15, -0.1) is 0 Å². The lowest BCUT2D eigenvalue weighted by Gasteiger charge is -2.19. The van der Waals surface area contributed by atoms with Gasteiger partial charge in [0.15, 0.2) is 0 Å². The minimum atomic E-state index is -0.725. The number of primary amides is 1. The Kier molecular flexibility index (Phi) is 24.1. The lowest BCUT2D eigenvalue weighted by molar-refractivity contribution is -0.117. The van der Waals surface area contributed by atoms with Gasteiger partial charge in [0.25, 0.3) is 0 Å². The summed E-state index contributed by atoms with van der Waals surface area (Å²) in [5, 5.41) is 2.68. The number of carbonyl (C=O) groups excluding carboxylic acids is 3. The number of hydrogen-bond donors (Lipinski definition) is 2. The van der Waals surface area contributed by atoms with Gasteiger partial charge in [0.1, 0.15) is 17.0 Å². The molecule has 7 heteroatoms. The van der Waals surface area contributed by atoms with E-state index in [9.17, 15) is 14.4 Å². The second-order valence-corrected chi connectivity index (χ2v) is 7.47. The molecule has 0 spiro atoms. The van der Waals surface area contributed by atoms with E-state index in [0.717, 1.165) is 19.3 Å². The summed E-state index contributed by atoms with van der Waals surface area (Å²) in [4.78, 5) is 31.9. The summed E-state index contributed by atoms with van der Waals surface area (Å²) in [6.07, 6.45) is 2.26. The molecule has 0 aromatic heterocycles. The van der Waals surface area contributed by atoms with Crippen LogP contribution in [0.3, 0.4) is 0 Å². The van der Waals surface area contributed by atoms with Gasteiger partial charge in [-0.3, -0.25) is 0 Å². The first-order valence-corrected chi connectivity index (χ1v) is 10.2. The van der Waals surface area contributed by atoms with Crippen molar-refractivity contribution in [3.63, 3.8) is 0 Å². The fraction of sp³-hybridized carbons (Fsp3) is 0.857. The van der Waals surface area contributed by atoms with Crippen molar-refractivity contribution in [2.24, 2.45) is 5.73 Å². The fourth-order valence-electron chi connectivity index (χ4n) is 1.48. The number of alkyl carbamates (subject to hydrolysis) is 1. The first kappa shape index (κ1) is 33.8. The molecule has 0 saturated carbocycles. The molecule has 0 aromatic carbocycles. The van der Waals surface area contributed by atoms with E-state index >= 15 is 0 Å². The molecule has 0 heterocycles. The predicted molar refractivity (Wildman–Crippen MR) is 117 cm³/mol. The number of amides is 2. The monoisotopic (exact) mass is 406 g/mol. The molecule has 28 heavy (non-hydrogen) atoms. The molecule has 0 unspecified atom stereocenters. The molecule has 7 nitrogen and oxygen atoms in total. The Bertz CT molecular complexity index is 397. The highest BCUT2D eigenvalue weighted by atomic mass is 16.6. The maximum Gasteiger partial charge on any atom is 0.407 e. The van der Waals surface area contributed by atoms with Gasteiger partial charge in [0.05, 0.1) is 0 Å². The highest BCUT2D eigenvalue weighted by Gasteiger charge is 2.15. The number of ether oxygens (including phenoxy) is 2. The van der Waals surface area contributed by atoms with E-state index in [0.29, 0.717) is 13.0 Å². The van der Waals surface area contributed by atoms with Crippen LogP contribution in [0.2, 0.25) is 0 Å². The smallest absolute Gasteiger partial charge is 0.407 e. The third-order valence-corrected chi connectivity index (χ3v) is 2.28. The van der Waals surface area contributed by atoms with Gasteiger partial charge in [-0.05, 0) is 61.3 Å². The number of nitrogens with two attached hydrogens (primary N) is 1. The minimum absolute atomic E-state index is 0.222. The number of nitrogens with one attached hydrogen (secondary N) is 1. The van der Waals surface area contributed by atoms with Crippen LogP contribution < -0.4 is 11.1 Å². The van der Waals surface area contributed by atoms with Crippen molar-refractivity contribution >= 4 is 18.0 Å². The Hall–Kier alpha value is -1.79. The van der Waals surface area contributed by atoms with E-state index in [-0.39, 0.29) is 11.9 Å². The lowest BCUT2D eigenvalue weighted by Crippen LogP contribution is -2.32. The zero-order chi connectivity index (χ0) is 23.4. The van der Waals surface area contributed by atoms with Crippen LogP contribution in [0.25, 0.3) is 0 Å². The number of unbranched alkanes of at least 4 members (excludes halogenated alkanes) is 2. The van der Waals surface area contributed by atoms with Crippen LogP contribution in [0.4, 0.5) is 9.59 Å². The average Bonchev–Trinajstić information content (AvgIpc) is 2.51. The van der Waals surface area contributed by atoms with Crippen molar-refractivity contribution in [2.45, 2.75) is 113 Å².